The normalized spacial score (nSPS) is 20.1. The van der Waals surface area contributed by atoms with Crippen LogP contribution in [0.15, 0.2) is 24.4 Å². The second-order valence-electron chi connectivity index (χ2n) is 6.88. The summed E-state index contributed by atoms with van der Waals surface area (Å²) in [5.74, 6) is 2.00. The summed E-state index contributed by atoms with van der Waals surface area (Å²) in [6.07, 6.45) is 3.44. The van der Waals surface area contributed by atoms with Crippen molar-refractivity contribution >= 4 is 11.7 Å². The molecule has 0 bridgehead atoms. The standard InChI is InChI=1S/C18H19N7O3/c1-10-6-7-14-21-22-16(25(10)14)12-4-3-5-13(19-12)20-17(26)11-8-24(15-9-28-15)23-18(11)27-2/h3-5,8,10,15H,6-7,9H2,1-2H3,(H,19,20,26)/t10-,15-/m0/s1. The zero-order valence-corrected chi connectivity index (χ0v) is 15.5. The maximum atomic E-state index is 12.7. The third-order valence-electron chi connectivity index (χ3n) is 4.96. The topological polar surface area (TPSA) is 112 Å². The fourth-order valence-corrected chi connectivity index (χ4v) is 3.44. The molecule has 144 valence electrons. The number of amides is 1. The van der Waals surface area contributed by atoms with Gasteiger partial charge in [0.2, 0.25) is 5.88 Å². The van der Waals surface area contributed by atoms with E-state index in [-0.39, 0.29) is 18.0 Å². The van der Waals surface area contributed by atoms with Gasteiger partial charge in [-0.3, -0.25) is 4.79 Å². The first kappa shape index (κ1) is 16.9. The molecule has 0 aliphatic carbocycles. The molecule has 1 fully saturated rings. The molecule has 28 heavy (non-hydrogen) atoms. The number of fused-ring (bicyclic) bond motifs is 1. The molecule has 3 aromatic heterocycles. The predicted molar refractivity (Wildman–Crippen MR) is 98.0 cm³/mol. The van der Waals surface area contributed by atoms with E-state index in [2.05, 4.69) is 37.1 Å². The molecule has 10 heteroatoms. The lowest BCUT2D eigenvalue weighted by Crippen LogP contribution is -2.14. The molecule has 0 saturated carbocycles. The van der Waals surface area contributed by atoms with Gasteiger partial charge in [0.15, 0.2) is 12.1 Å². The van der Waals surface area contributed by atoms with Crippen LogP contribution in [0, 0.1) is 0 Å². The van der Waals surface area contributed by atoms with Crippen molar-refractivity contribution in [3.8, 4) is 17.4 Å². The maximum Gasteiger partial charge on any atom is 0.263 e. The third-order valence-corrected chi connectivity index (χ3v) is 4.96. The van der Waals surface area contributed by atoms with E-state index in [0.717, 1.165) is 18.7 Å². The van der Waals surface area contributed by atoms with Crippen LogP contribution in [0.25, 0.3) is 11.5 Å². The molecule has 0 aromatic carbocycles. The van der Waals surface area contributed by atoms with Gasteiger partial charge in [0.1, 0.15) is 22.9 Å². The quantitative estimate of drug-likeness (QED) is 0.671. The molecule has 1 N–H and O–H groups in total. The Morgan fingerprint density at radius 1 is 1.36 bits per heavy atom. The van der Waals surface area contributed by atoms with Crippen molar-refractivity contribution < 1.29 is 14.3 Å². The van der Waals surface area contributed by atoms with Crippen LogP contribution in [-0.2, 0) is 11.2 Å². The van der Waals surface area contributed by atoms with E-state index in [4.69, 9.17) is 9.47 Å². The molecular weight excluding hydrogens is 362 g/mol. The number of aromatic nitrogens is 6. The van der Waals surface area contributed by atoms with Crippen molar-refractivity contribution in [2.24, 2.45) is 0 Å². The Labute approximate surface area is 160 Å². The monoisotopic (exact) mass is 381 g/mol. The van der Waals surface area contributed by atoms with Gasteiger partial charge < -0.3 is 19.4 Å². The van der Waals surface area contributed by atoms with Crippen molar-refractivity contribution in [3.63, 3.8) is 0 Å². The number of rotatable bonds is 5. The molecule has 2 aliphatic rings. The van der Waals surface area contributed by atoms with Crippen LogP contribution in [-0.4, -0.2) is 49.2 Å². The van der Waals surface area contributed by atoms with Gasteiger partial charge in [-0.1, -0.05) is 6.07 Å². The number of epoxide rings is 1. The smallest absolute Gasteiger partial charge is 0.263 e. The summed E-state index contributed by atoms with van der Waals surface area (Å²) in [5, 5.41) is 15.6. The van der Waals surface area contributed by atoms with Crippen molar-refractivity contribution in [1.82, 2.24) is 29.5 Å². The SMILES string of the molecule is COc1nn([C@@H]2CO2)cc1C(=O)Nc1cccc(-c2nnc3n2[C@@H](C)CC3)n1. The number of aryl methyl sites for hydroxylation is 1. The number of pyridine rings is 1. The molecule has 5 rings (SSSR count). The second-order valence-corrected chi connectivity index (χ2v) is 6.88. The van der Waals surface area contributed by atoms with Crippen LogP contribution in [0.3, 0.4) is 0 Å². The Morgan fingerprint density at radius 2 is 2.21 bits per heavy atom. The summed E-state index contributed by atoms with van der Waals surface area (Å²) in [6, 6.07) is 5.76. The zero-order valence-electron chi connectivity index (χ0n) is 15.5. The van der Waals surface area contributed by atoms with Gasteiger partial charge >= 0.3 is 0 Å². The Morgan fingerprint density at radius 3 is 3.00 bits per heavy atom. The fourth-order valence-electron chi connectivity index (χ4n) is 3.44. The minimum Gasteiger partial charge on any atom is -0.479 e. The molecule has 0 radical (unpaired) electrons. The molecule has 3 aromatic rings. The van der Waals surface area contributed by atoms with E-state index < -0.39 is 0 Å². The van der Waals surface area contributed by atoms with Crippen LogP contribution >= 0.6 is 0 Å². The number of carbonyl (C=O) groups is 1. The zero-order chi connectivity index (χ0) is 19.3. The Bertz CT molecular complexity index is 1050. The molecule has 0 unspecified atom stereocenters. The van der Waals surface area contributed by atoms with Crippen LogP contribution in [0.4, 0.5) is 5.82 Å². The Balaban J connectivity index is 1.41. The van der Waals surface area contributed by atoms with Gasteiger partial charge in [-0.05, 0) is 25.5 Å². The highest BCUT2D eigenvalue weighted by atomic mass is 16.6. The van der Waals surface area contributed by atoms with Crippen LogP contribution in [0.5, 0.6) is 5.88 Å². The number of nitrogens with one attached hydrogen (secondary N) is 1. The summed E-state index contributed by atoms with van der Waals surface area (Å²) >= 11 is 0. The fraction of sp³-hybridized carbons (Fsp3) is 0.389. The number of hydrogen-bond donors (Lipinski definition) is 1. The number of ether oxygens (including phenoxy) is 2. The highest BCUT2D eigenvalue weighted by molar-refractivity contribution is 6.05. The molecule has 1 amide bonds. The second kappa shape index (κ2) is 6.41. The van der Waals surface area contributed by atoms with Gasteiger partial charge in [-0.2, -0.15) is 0 Å². The molecule has 10 nitrogen and oxygen atoms in total. The van der Waals surface area contributed by atoms with Crippen molar-refractivity contribution in [3.05, 3.63) is 35.8 Å². The lowest BCUT2D eigenvalue weighted by Gasteiger charge is -2.10. The first-order valence-electron chi connectivity index (χ1n) is 9.11. The average molecular weight is 381 g/mol. The van der Waals surface area contributed by atoms with Crippen molar-refractivity contribution in [1.29, 1.82) is 0 Å². The van der Waals surface area contributed by atoms with Crippen LogP contribution in [0.2, 0.25) is 0 Å². The number of anilines is 1. The molecule has 2 atom stereocenters. The van der Waals surface area contributed by atoms with E-state index in [1.807, 2.05) is 12.1 Å². The molecular formula is C18H19N7O3. The van der Waals surface area contributed by atoms with E-state index in [9.17, 15) is 4.79 Å². The predicted octanol–water partition coefficient (Wildman–Crippen LogP) is 1.83. The number of hydrogen-bond acceptors (Lipinski definition) is 7. The maximum absolute atomic E-state index is 12.7. The van der Waals surface area contributed by atoms with Gasteiger partial charge in [0.25, 0.3) is 5.91 Å². The summed E-state index contributed by atoms with van der Waals surface area (Å²) in [6.45, 7) is 2.72. The first-order chi connectivity index (χ1) is 13.6. The van der Waals surface area contributed by atoms with Gasteiger partial charge in [-0.15, -0.1) is 15.3 Å². The molecule has 5 heterocycles. The molecule has 1 saturated heterocycles. The van der Waals surface area contributed by atoms with Crippen LogP contribution < -0.4 is 10.1 Å². The Kier molecular flexibility index (Phi) is 3.86. The number of carbonyl (C=O) groups excluding carboxylic acids is 1. The van der Waals surface area contributed by atoms with Gasteiger partial charge in [-0.25, -0.2) is 9.67 Å². The van der Waals surface area contributed by atoms with E-state index in [1.165, 1.54) is 7.11 Å². The van der Waals surface area contributed by atoms with Crippen molar-refractivity contribution in [2.75, 3.05) is 19.0 Å². The van der Waals surface area contributed by atoms with E-state index in [0.29, 0.717) is 35.5 Å². The van der Waals surface area contributed by atoms with E-state index >= 15 is 0 Å². The number of nitrogens with zero attached hydrogens (tertiary/aromatic N) is 6. The van der Waals surface area contributed by atoms with Crippen LogP contribution in [0.1, 0.15) is 41.8 Å². The van der Waals surface area contributed by atoms with Gasteiger partial charge in [0.05, 0.1) is 13.7 Å². The third kappa shape index (κ3) is 2.82. The lowest BCUT2D eigenvalue weighted by atomic mass is 10.2. The largest absolute Gasteiger partial charge is 0.479 e. The highest BCUT2D eigenvalue weighted by Crippen LogP contribution is 2.30. The Hall–Kier alpha value is -3.27. The molecule has 0 spiro atoms. The minimum absolute atomic E-state index is 0.131. The summed E-state index contributed by atoms with van der Waals surface area (Å²) < 4.78 is 14.1. The summed E-state index contributed by atoms with van der Waals surface area (Å²) in [7, 11) is 1.48. The summed E-state index contributed by atoms with van der Waals surface area (Å²) in [5.41, 5.74) is 0.988. The summed E-state index contributed by atoms with van der Waals surface area (Å²) in [4.78, 5) is 17.3. The van der Waals surface area contributed by atoms with Gasteiger partial charge in [0, 0.05) is 18.7 Å². The van der Waals surface area contributed by atoms with E-state index in [1.54, 1.807) is 16.9 Å². The minimum atomic E-state index is -0.353. The highest BCUT2D eigenvalue weighted by Gasteiger charge is 2.29. The average Bonchev–Trinajstić information content (AvgIpc) is 3.15. The van der Waals surface area contributed by atoms with Crippen molar-refractivity contribution in [2.45, 2.75) is 32.0 Å². The first-order valence-corrected chi connectivity index (χ1v) is 9.11. The lowest BCUT2D eigenvalue weighted by molar-refractivity contribution is 0.102. The molecule has 2 aliphatic heterocycles. The number of methoxy groups -OCH3 is 1.